The van der Waals surface area contributed by atoms with Gasteiger partial charge in [-0.15, -0.1) is 0 Å². The molecule has 2 aromatic rings. The van der Waals surface area contributed by atoms with E-state index in [9.17, 15) is 0 Å². The van der Waals surface area contributed by atoms with Crippen LogP contribution >= 0.6 is 0 Å². The maximum Gasteiger partial charge on any atom is 0.0584 e. The molecule has 0 unspecified atom stereocenters. The Morgan fingerprint density at radius 1 is 1.26 bits per heavy atom. The Bertz CT molecular complexity index is 664. The minimum Gasteiger partial charge on any atom is -0.325 e. The Balaban J connectivity index is 1.59. The summed E-state index contributed by atoms with van der Waals surface area (Å²) in [4.78, 5) is 4.35. The first-order valence-corrected chi connectivity index (χ1v) is 8.43. The van der Waals surface area contributed by atoms with Gasteiger partial charge in [-0.05, 0) is 36.0 Å². The van der Waals surface area contributed by atoms with E-state index in [4.69, 9.17) is 5.73 Å². The summed E-state index contributed by atoms with van der Waals surface area (Å²) in [5.74, 6) is 0.665. The third-order valence-electron chi connectivity index (χ3n) is 4.56. The van der Waals surface area contributed by atoms with Gasteiger partial charge in [0.05, 0.1) is 5.69 Å². The van der Waals surface area contributed by atoms with Crippen LogP contribution in [0.3, 0.4) is 0 Å². The van der Waals surface area contributed by atoms with Crippen LogP contribution in [0.5, 0.6) is 0 Å². The molecule has 1 heterocycles. The number of nitrogens with one attached hydrogen (secondary N) is 1. The molecule has 3 rings (SSSR count). The second-order valence-corrected chi connectivity index (χ2v) is 6.13. The van der Waals surface area contributed by atoms with E-state index in [-0.39, 0.29) is 0 Å². The fourth-order valence-corrected chi connectivity index (χ4v) is 3.12. The first-order chi connectivity index (χ1) is 11.3. The fourth-order valence-electron chi connectivity index (χ4n) is 3.12. The average Bonchev–Trinajstić information content (AvgIpc) is 3.38. The van der Waals surface area contributed by atoms with Gasteiger partial charge < -0.3 is 11.1 Å². The molecule has 1 aliphatic carbocycles. The molecule has 3 N–H and O–H groups in total. The van der Waals surface area contributed by atoms with Crippen LogP contribution in [0.15, 0.2) is 54.2 Å². The van der Waals surface area contributed by atoms with Crippen molar-refractivity contribution in [1.29, 1.82) is 0 Å². The van der Waals surface area contributed by atoms with E-state index in [2.05, 4.69) is 59.7 Å². The Hall–Kier alpha value is -1.97. The monoisotopic (exact) mass is 307 g/mol. The van der Waals surface area contributed by atoms with E-state index in [1.165, 1.54) is 17.5 Å². The molecule has 0 radical (unpaired) electrons. The zero-order chi connectivity index (χ0) is 16.1. The third-order valence-corrected chi connectivity index (χ3v) is 4.56. The van der Waals surface area contributed by atoms with E-state index in [0.717, 1.165) is 18.7 Å². The number of aromatic nitrogens is 1. The van der Waals surface area contributed by atoms with Crippen molar-refractivity contribution in [2.75, 3.05) is 0 Å². The second kappa shape index (κ2) is 7.53. The molecule has 0 amide bonds. The van der Waals surface area contributed by atoms with Gasteiger partial charge in [-0.1, -0.05) is 55.0 Å². The SMILES string of the molecule is CC/C(=C\c1ccccc1)[C@@H]1C[C@H]1NCc1cccnc1CN. The van der Waals surface area contributed by atoms with Crippen LogP contribution in [0.4, 0.5) is 0 Å². The number of hydrogen-bond donors (Lipinski definition) is 2. The molecule has 1 fully saturated rings. The molecule has 1 saturated carbocycles. The van der Waals surface area contributed by atoms with Gasteiger partial charge in [0.2, 0.25) is 0 Å². The summed E-state index contributed by atoms with van der Waals surface area (Å²) in [6.45, 7) is 3.60. The molecule has 0 spiro atoms. The first-order valence-electron chi connectivity index (χ1n) is 8.43. The van der Waals surface area contributed by atoms with Gasteiger partial charge in [0.25, 0.3) is 0 Å². The van der Waals surface area contributed by atoms with Gasteiger partial charge in [0, 0.05) is 25.3 Å². The molecule has 3 nitrogen and oxygen atoms in total. The van der Waals surface area contributed by atoms with Crippen molar-refractivity contribution in [2.45, 2.75) is 38.9 Å². The predicted octanol–water partition coefficient (Wildman–Crippen LogP) is 3.51. The van der Waals surface area contributed by atoms with Crippen LogP contribution in [-0.2, 0) is 13.1 Å². The lowest BCUT2D eigenvalue weighted by Gasteiger charge is -2.09. The summed E-state index contributed by atoms with van der Waals surface area (Å²) >= 11 is 0. The van der Waals surface area contributed by atoms with Crippen molar-refractivity contribution >= 4 is 6.08 Å². The van der Waals surface area contributed by atoms with E-state index < -0.39 is 0 Å². The maximum atomic E-state index is 5.76. The lowest BCUT2D eigenvalue weighted by molar-refractivity contribution is 0.648. The Morgan fingerprint density at radius 2 is 2.09 bits per heavy atom. The lowest BCUT2D eigenvalue weighted by atomic mass is 10.0. The predicted molar refractivity (Wildman–Crippen MR) is 95.6 cm³/mol. The molecule has 23 heavy (non-hydrogen) atoms. The van der Waals surface area contributed by atoms with Gasteiger partial charge in [-0.3, -0.25) is 4.98 Å². The minimum absolute atomic E-state index is 0.500. The van der Waals surface area contributed by atoms with E-state index in [1.807, 2.05) is 12.3 Å². The highest BCUT2D eigenvalue weighted by atomic mass is 15.0. The molecule has 1 aromatic carbocycles. The zero-order valence-electron chi connectivity index (χ0n) is 13.7. The van der Waals surface area contributed by atoms with Crippen molar-refractivity contribution in [3.8, 4) is 0 Å². The van der Waals surface area contributed by atoms with Crippen LogP contribution < -0.4 is 11.1 Å². The zero-order valence-corrected chi connectivity index (χ0v) is 13.7. The van der Waals surface area contributed by atoms with Crippen molar-refractivity contribution in [3.05, 3.63) is 71.1 Å². The highest BCUT2D eigenvalue weighted by Gasteiger charge is 2.38. The van der Waals surface area contributed by atoms with Gasteiger partial charge >= 0.3 is 0 Å². The van der Waals surface area contributed by atoms with Crippen LogP contribution in [0.1, 0.15) is 36.6 Å². The summed E-state index contributed by atoms with van der Waals surface area (Å²) in [5, 5.41) is 3.66. The summed E-state index contributed by atoms with van der Waals surface area (Å²) < 4.78 is 0. The number of benzene rings is 1. The number of nitrogens with two attached hydrogens (primary N) is 1. The van der Waals surface area contributed by atoms with Gasteiger partial charge in [-0.2, -0.15) is 0 Å². The average molecular weight is 307 g/mol. The highest BCUT2D eigenvalue weighted by molar-refractivity contribution is 5.54. The maximum absolute atomic E-state index is 5.76. The van der Waals surface area contributed by atoms with E-state index >= 15 is 0 Å². The van der Waals surface area contributed by atoms with Gasteiger partial charge in [0.1, 0.15) is 0 Å². The van der Waals surface area contributed by atoms with Crippen molar-refractivity contribution in [2.24, 2.45) is 11.7 Å². The van der Waals surface area contributed by atoms with Crippen molar-refractivity contribution < 1.29 is 0 Å². The van der Waals surface area contributed by atoms with Crippen molar-refractivity contribution in [3.63, 3.8) is 0 Å². The lowest BCUT2D eigenvalue weighted by Crippen LogP contribution is -2.20. The number of rotatable bonds is 7. The Kier molecular flexibility index (Phi) is 5.21. The largest absolute Gasteiger partial charge is 0.325 e. The summed E-state index contributed by atoms with van der Waals surface area (Å²) in [6, 6.07) is 15.3. The Morgan fingerprint density at radius 3 is 2.83 bits per heavy atom. The molecule has 3 heteroatoms. The van der Waals surface area contributed by atoms with Gasteiger partial charge in [0.15, 0.2) is 0 Å². The normalized spacial score (nSPS) is 20.5. The fraction of sp³-hybridized carbons (Fsp3) is 0.350. The summed E-state index contributed by atoms with van der Waals surface area (Å²) in [5.41, 5.74) is 10.8. The van der Waals surface area contributed by atoms with Crippen LogP contribution in [0.25, 0.3) is 6.08 Å². The smallest absolute Gasteiger partial charge is 0.0584 e. The molecular formula is C20H25N3. The molecule has 0 saturated heterocycles. The first kappa shape index (κ1) is 15.9. The molecule has 1 aromatic heterocycles. The quantitative estimate of drug-likeness (QED) is 0.823. The number of nitrogens with zero attached hydrogens (tertiary/aromatic N) is 1. The number of hydrogen-bond acceptors (Lipinski definition) is 3. The highest BCUT2D eigenvalue weighted by Crippen LogP contribution is 2.39. The topological polar surface area (TPSA) is 50.9 Å². The van der Waals surface area contributed by atoms with E-state index in [0.29, 0.717) is 18.5 Å². The molecule has 1 aliphatic rings. The Labute approximate surface area is 138 Å². The third kappa shape index (κ3) is 4.06. The molecule has 120 valence electrons. The van der Waals surface area contributed by atoms with Crippen molar-refractivity contribution in [1.82, 2.24) is 10.3 Å². The molecule has 2 atom stereocenters. The van der Waals surface area contributed by atoms with Crippen LogP contribution in [0.2, 0.25) is 0 Å². The molecule has 0 bridgehead atoms. The second-order valence-electron chi connectivity index (χ2n) is 6.13. The standard InChI is InChI=1S/C20H25N3/c1-2-16(11-15-7-4-3-5-8-15)18-12-19(18)23-14-17-9-6-10-22-20(17)13-21/h3-11,18-19,23H,2,12-14,21H2,1H3/b16-11+/t18-,19+/m0/s1. The number of pyridine rings is 1. The summed E-state index contributed by atoms with van der Waals surface area (Å²) in [6.07, 6.45) is 6.49. The minimum atomic E-state index is 0.500. The summed E-state index contributed by atoms with van der Waals surface area (Å²) in [7, 11) is 0. The molecular weight excluding hydrogens is 282 g/mol. The van der Waals surface area contributed by atoms with Crippen LogP contribution in [0, 0.1) is 5.92 Å². The van der Waals surface area contributed by atoms with Crippen LogP contribution in [-0.4, -0.2) is 11.0 Å². The molecule has 0 aliphatic heterocycles. The van der Waals surface area contributed by atoms with Gasteiger partial charge in [-0.25, -0.2) is 0 Å². The van der Waals surface area contributed by atoms with E-state index in [1.54, 1.807) is 5.57 Å².